The molecule has 0 saturated heterocycles. The van der Waals surface area contributed by atoms with Crippen molar-refractivity contribution in [2.24, 2.45) is 0 Å². The fourth-order valence-corrected chi connectivity index (χ4v) is 2.15. The molecule has 1 aromatic carbocycles. The number of hydrogen-bond donors (Lipinski definition) is 1. The quantitative estimate of drug-likeness (QED) is 0.924. The van der Waals surface area contributed by atoms with E-state index in [-0.39, 0.29) is 6.03 Å². The highest BCUT2D eigenvalue weighted by atomic mass is 16.2. The molecule has 1 aliphatic rings. The molecule has 0 spiro atoms. The number of pyridine rings is 1. The molecule has 0 atom stereocenters. The van der Waals surface area contributed by atoms with Crippen molar-refractivity contribution >= 4 is 11.8 Å². The van der Waals surface area contributed by atoms with Crippen molar-refractivity contribution < 1.29 is 4.79 Å². The first-order valence-corrected chi connectivity index (χ1v) is 6.85. The lowest BCUT2D eigenvalue weighted by Crippen LogP contribution is -2.36. The Bertz CT molecular complexity index is 567. The lowest BCUT2D eigenvalue weighted by molar-refractivity contribution is 0.206. The summed E-state index contributed by atoms with van der Waals surface area (Å²) in [5.41, 5.74) is 1.15. The van der Waals surface area contributed by atoms with Crippen LogP contribution >= 0.6 is 0 Å². The lowest BCUT2D eigenvalue weighted by atomic mass is 10.2. The Balaban J connectivity index is 1.69. The maximum absolute atomic E-state index is 12.4. The molecule has 2 aromatic rings. The number of nitrogens with zero attached hydrogens (tertiary/aromatic N) is 2. The number of carbonyl (C=O) groups excluding carboxylic acids is 1. The van der Waals surface area contributed by atoms with Crippen LogP contribution in [0.2, 0.25) is 0 Å². The third-order valence-corrected chi connectivity index (χ3v) is 3.34. The van der Waals surface area contributed by atoms with Crippen LogP contribution in [0.1, 0.15) is 18.4 Å². The number of benzene rings is 1. The minimum Gasteiger partial charge on any atom is -0.317 e. The van der Waals surface area contributed by atoms with Crippen molar-refractivity contribution in [1.82, 2.24) is 9.88 Å². The van der Waals surface area contributed by atoms with Crippen molar-refractivity contribution in [2.75, 3.05) is 5.32 Å². The zero-order valence-electron chi connectivity index (χ0n) is 11.2. The van der Waals surface area contributed by atoms with E-state index in [1.807, 2.05) is 47.4 Å². The summed E-state index contributed by atoms with van der Waals surface area (Å²) in [6.07, 6.45) is 3.85. The first-order valence-electron chi connectivity index (χ1n) is 6.85. The second-order valence-electron chi connectivity index (χ2n) is 4.99. The molecular formula is C16H17N3O. The Morgan fingerprint density at radius 3 is 2.55 bits per heavy atom. The predicted molar refractivity (Wildman–Crippen MR) is 78.3 cm³/mol. The van der Waals surface area contributed by atoms with E-state index in [1.54, 1.807) is 12.3 Å². The van der Waals surface area contributed by atoms with Crippen molar-refractivity contribution in [1.29, 1.82) is 0 Å². The first kappa shape index (κ1) is 12.7. The summed E-state index contributed by atoms with van der Waals surface area (Å²) in [5, 5.41) is 2.86. The van der Waals surface area contributed by atoms with E-state index in [0.717, 1.165) is 18.4 Å². The molecule has 1 aliphatic carbocycles. The Labute approximate surface area is 118 Å². The van der Waals surface area contributed by atoms with E-state index < -0.39 is 0 Å². The van der Waals surface area contributed by atoms with Gasteiger partial charge < -0.3 is 4.90 Å². The summed E-state index contributed by atoms with van der Waals surface area (Å²) in [4.78, 5) is 18.4. The van der Waals surface area contributed by atoms with Gasteiger partial charge in [0.05, 0.1) is 0 Å². The molecular weight excluding hydrogens is 250 g/mol. The van der Waals surface area contributed by atoms with Crippen LogP contribution in [0.4, 0.5) is 10.6 Å². The molecule has 0 unspecified atom stereocenters. The summed E-state index contributed by atoms with van der Waals surface area (Å²) in [7, 11) is 0. The molecule has 0 radical (unpaired) electrons. The predicted octanol–water partition coefficient (Wildman–Crippen LogP) is 3.28. The maximum atomic E-state index is 12.4. The zero-order valence-corrected chi connectivity index (χ0v) is 11.2. The molecule has 1 N–H and O–H groups in total. The van der Waals surface area contributed by atoms with Crippen LogP contribution in [0, 0.1) is 0 Å². The SMILES string of the molecule is O=C(Nc1ccccn1)N(Cc1ccccc1)C1CC1. The smallest absolute Gasteiger partial charge is 0.317 e. The highest BCUT2D eigenvalue weighted by molar-refractivity contribution is 5.88. The van der Waals surface area contributed by atoms with E-state index >= 15 is 0 Å². The number of amides is 2. The molecule has 4 heteroatoms. The second-order valence-corrected chi connectivity index (χ2v) is 4.99. The van der Waals surface area contributed by atoms with Gasteiger partial charge in [0.1, 0.15) is 5.82 Å². The van der Waals surface area contributed by atoms with Gasteiger partial charge in [-0.05, 0) is 30.5 Å². The Morgan fingerprint density at radius 2 is 1.90 bits per heavy atom. The average Bonchev–Trinajstić information content (AvgIpc) is 3.31. The van der Waals surface area contributed by atoms with Gasteiger partial charge in [0.2, 0.25) is 0 Å². The lowest BCUT2D eigenvalue weighted by Gasteiger charge is -2.22. The molecule has 3 rings (SSSR count). The van der Waals surface area contributed by atoms with Gasteiger partial charge in [0.25, 0.3) is 0 Å². The van der Waals surface area contributed by atoms with Crippen LogP contribution in [-0.4, -0.2) is 22.0 Å². The maximum Gasteiger partial charge on any atom is 0.323 e. The van der Waals surface area contributed by atoms with Crippen LogP contribution in [-0.2, 0) is 6.54 Å². The fraction of sp³-hybridized carbons (Fsp3) is 0.250. The molecule has 2 amide bonds. The third kappa shape index (κ3) is 3.15. The number of nitrogens with one attached hydrogen (secondary N) is 1. The molecule has 20 heavy (non-hydrogen) atoms. The highest BCUT2D eigenvalue weighted by Crippen LogP contribution is 2.28. The Kier molecular flexibility index (Phi) is 3.63. The van der Waals surface area contributed by atoms with Gasteiger partial charge in [-0.25, -0.2) is 9.78 Å². The number of anilines is 1. The van der Waals surface area contributed by atoms with Crippen LogP contribution in [0.15, 0.2) is 54.7 Å². The summed E-state index contributed by atoms with van der Waals surface area (Å²) >= 11 is 0. The third-order valence-electron chi connectivity index (χ3n) is 3.34. The van der Waals surface area contributed by atoms with Crippen LogP contribution < -0.4 is 5.32 Å². The zero-order chi connectivity index (χ0) is 13.8. The van der Waals surface area contributed by atoms with Gasteiger partial charge in [0.15, 0.2) is 0 Å². The van der Waals surface area contributed by atoms with Gasteiger partial charge in [-0.15, -0.1) is 0 Å². The van der Waals surface area contributed by atoms with Crippen molar-refractivity contribution in [3.05, 3.63) is 60.3 Å². The molecule has 1 fully saturated rings. The van der Waals surface area contributed by atoms with Gasteiger partial charge in [-0.1, -0.05) is 36.4 Å². The molecule has 102 valence electrons. The first-order chi connectivity index (χ1) is 9.83. The van der Waals surface area contributed by atoms with Gasteiger partial charge in [-0.3, -0.25) is 5.32 Å². The van der Waals surface area contributed by atoms with Crippen LogP contribution in [0.25, 0.3) is 0 Å². The van der Waals surface area contributed by atoms with E-state index in [4.69, 9.17) is 0 Å². The average molecular weight is 267 g/mol. The van der Waals surface area contributed by atoms with E-state index in [1.165, 1.54) is 0 Å². The van der Waals surface area contributed by atoms with Crippen molar-refractivity contribution in [3.63, 3.8) is 0 Å². The fourth-order valence-electron chi connectivity index (χ4n) is 2.15. The molecule has 4 nitrogen and oxygen atoms in total. The topological polar surface area (TPSA) is 45.2 Å². The number of rotatable bonds is 4. The number of hydrogen-bond acceptors (Lipinski definition) is 2. The summed E-state index contributed by atoms with van der Waals surface area (Å²) in [6, 6.07) is 15.8. The minimum absolute atomic E-state index is 0.0740. The van der Waals surface area contributed by atoms with Gasteiger partial charge >= 0.3 is 6.03 Å². The molecule has 1 aromatic heterocycles. The molecule has 0 bridgehead atoms. The summed E-state index contributed by atoms with van der Waals surface area (Å²) in [6.45, 7) is 0.643. The van der Waals surface area contributed by atoms with Gasteiger partial charge in [0, 0.05) is 18.8 Å². The molecule has 1 saturated carbocycles. The monoisotopic (exact) mass is 267 g/mol. The number of carbonyl (C=O) groups is 1. The largest absolute Gasteiger partial charge is 0.323 e. The standard InChI is InChI=1S/C16H17N3O/c20-16(18-15-8-4-5-11-17-15)19(14-9-10-14)12-13-6-2-1-3-7-13/h1-8,11,14H,9-10,12H2,(H,17,18,20). The summed E-state index contributed by atoms with van der Waals surface area (Å²) < 4.78 is 0. The van der Waals surface area contributed by atoms with E-state index in [0.29, 0.717) is 18.4 Å². The Hall–Kier alpha value is -2.36. The van der Waals surface area contributed by atoms with Crippen LogP contribution in [0.5, 0.6) is 0 Å². The van der Waals surface area contributed by atoms with E-state index in [9.17, 15) is 4.79 Å². The highest BCUT2D eigenvalue weighted by Gasteiger charge is 2.32. The normalized spacial score (nSPS) is 13.8. The Morgan fingerprint density at radius 1 is 1.15 bits per heavy atom. The van der Waals surface area contributed by atoms with E-state index in [2.05, 4.69) is 10.3 Å². The van der Waals surface area contributed by atoms with Crippen LogP contribution in [0.3, 0.4) is 0 Å². The van der Waals surface area contributed by atoms with Crippen molar-refractivity contribution in [3.8, 4) is 0 Å². The molecule has 1 heterocycles. The summed E-state index contributed by atoms with van der Waals surface area (Å²) in [5.74, 6) is 0.594. The van der Waals surface area contributed by atoms with Crippen molar-refractivity contribution in [2.45, 2.75) is 25.4 Å². The second kappa shape index (κ2) is 5.74. The molecule has 0 aliphatic heterocycles. The number of aromatic nitrogens is 1. The van der Waals surface area contributed by atoms with Gasteiger partial charge in [-0.2, -0.15) is 0 Å². The number of urea groups is 1. The minimum atomic E-state index is -0.0740.